The Morgan fingerprint density at radius 3 is 2.16 bits per heavy atom. The summed E-state index contributed by atoms with van der Waals surface area (Å²) in [7, 11) is -3.72. The predicted octanol–water partition coefficient (Wildman–Crippen LogP) is 1.45. The third-order valence-electron chi connectivity index (χ3n) is 5.67. The minimum atomic E-state index is -3.72. The average Bonchev–Trinajstić information content (AvgIpc) is 3.21. The minimum absolute atomic E-state index is 0.0891. The zero-order valence-corrected chi connectivity index (χ0v) is 19.8. The summed E-state index contributed by atoms with van der Waals surface area (Å²) in [5.74, 6) is -0.00629. The molecule has 1 N–H and O–H groups in total. The van der Waals surface area contributed by atoms with Crippen molar-refractivity contribution in [2.24, 2.45) is 0 Å². The third-order valence-corrected chi connectivity index (χ3v) is 7.42. The Hall–Kier alpha value is -1.97. The molecule has 0 atom stereocenters. The van der Waals surface area contributed by atoms with Gasteiger partial charge in [-0.1, -0.05) is 6.07 Å². The van der Waals surface area contributed by atoms with Gasteiger partial charge in [-0.15, -0.1) is 0 Å². The van der Waals surface area contributed by atoms with Crippen LogP contribution >= 0.6 is 0 Å². The number of carbonyl (C=O) groups excluding carboxylic acids is 2. The summed E-state index contributed by atoms with van der Waals surface area (Å²) in [5, 5.41) is 0. The van der Waals surface area contributed by atoms with E-state index in [0.29, 0.717) is 38.3 Å². The van der Waals surface area contributed by atoms with Crippen LogP contribution in [0.1, 0.15) is 49.5 Å². The smallest absolute Gasteiger partial charge is 0.254 e. The number of benzene rings is 1. The fourth-order valence-electron chi connectivity index (χ4n) is 4.00. The van der Waals surface area contributed by atoms with E-state index in [4.69, 9.17) is 0 Å². The van der Waals surface area contributed by atoms with Gasteiger partial charge in [-0.2, -0.15) is 0 Å². The number of sulfonamides is 1. The summed E-state index contributed by atoms with van der Waals surface area (Å²) < 4.78 is 28.0. The number of nitrogens with one attached hydrogen (secondary N) is 1. The van der Waals surface area contributed by atoms with Gasteiger partial charge in [0.1, 0.15) is 0 Å². The molecule has 2 saturated heterocycles. The maximum atomic E-state index is 13.1. The van der Waals surface area contributed by atoms with Crippen molar-refractivity contribution in [3.63, 3.8) is 0 Å². The molecule has 172 valence electrons. The van der Waals surface area contributed by atoms with Gasteiger partial charge in [0, 0.05) is 50.4 Å². The Morgan fingerprint density at radius 1 is 0.968 bits per heavy atom. The van der Waals surface area contributed by atoms with Crippen molar-refractivity contribution in [3.8, 4) is 0 Å². The van der Waals surface area contributed by atoms with E-state index < -0.39 is 15.6 Å². The molecule has 9 heteroatoms. The number of nitrogens with zero attached hydrogens (tertiary/aromatic N) is 3. The SMILES string of the molecule is Cc1ccc(S(=O)(=O)NC(C)(C)C)cc1C(=O)N1CCN(CC(=O)N2CCCC2)CC1. The Kier molecular flexibility index (Phi) is 7.08. The molecule has 0 unspecified atom stereocenters. The van der Waals surface area contributed by atoms with Crippen LogP contribution in [-0.2, 0) is 14.8 Å². The van der Waals surface area contributed by atoms with E-state index in [9.17, 15) is 18.0 Å². The number of hydrogen-bond acceptors (Lipinski definition) is 5. The third kappa shape index (κ3) is 6.05. The molecule has 0 bridgehead atoms. The lowest BCUT2D eigenvalue weighted by Crippen LogP contribution is -2.51. The maximum Gasteiger partial charge on any atom is 0.254 e. The van der Waals surface area contributed by atoms with Gasteiger partial charge in [-0.3, -0.25) is 14.5 Å². The summed E-state index contributed by atoms with van der Waals surface area (Å²) in [6.45, 7) is 11.5. The van der Waals surface area contributed by atoms with E-state index in [-0.39, 0.29) is 16.7 Å². The lowest BCUT2D eigenvalue weighted by molar-refractivity contribution is -0.131. The van der Waals surface area contributed by atoms with E-state index in [0.717, 1.165) is 31.5 Å². The molecule has 8 nitrogen and oxygen atoms in total. The summed E-state index contributed by atoms with van der Waals surface area (Å²) >= 11 is 0. The summed E-state index contributed by atoms with van der Waals surface area (Å²) in [6.07, 6.45) is 2.15. The van der Waals surface area contributed by atoms with E-state index in [2.05, 4.69) is 9.62 Å². The van der Waals surface area contributed by atoms with Gasteiger partial charge in [0.2, 0.25) is 15.9 Å². The van der Waals surface area contributed by atoms with Gasteiger partial charge in [-0.05, 0) is 58.2 Å². The van der Waals surface area contributed by atoms with E-state index >= 15 is 0 Å². The molecule has 1 aromatic rings. The van der Waals surface area contributed by atoms with Crippen molar-refractivity contribution in [1.29, 1.82) is 0 Å². The second-order valence-corrected chi connectivity index (χ2v) is 11.2. The molecule has 0 radical (unpaired) electrons. The Morgan fingerprint density at radius 2 is 1.58 bits per heavy atom. The molecule has 0 aromatic heterocycles. The van der Waals surface area contributed by atoms with Gasteiger partial charge in [0.05, 0.1) is 11.4 Å². The number of hydrogen-bond donors (Lipinski definition) is 1. The molecule has 2 fully saturated rings. The standard InChI is InChI=1S/C22H34N4O4S/c1-17-7-8-18(31(29,30)23-22(2,3)4)15-19(17)21(28)26-13-11-24(12-14-26)16-20(27)25-9-5-6-10-25/h7-8,15,23H,5-6,9-14,16H2,1-4H3. The van der Waals surface area contributed by atoms with Crippen LogP contribution in [0.3, 0.4) is 0 Å². The van der Waals surface area contributed by atoms with Crippen LogP contribution in [0.2, 0.25) is 0 Å². The van der Waals surface area contributed by atoms with Crippen molar-refractivity contribution in [1.82, 2.24) is 19.4 Å². The average molecular weight is 451 g/mol. The van der Waals surface area contributed by atoms with Crippen molar-refractivity contribution < 1.29 is 18.0 Å². The van der Waals surface area contributed by atoms with E-state index in [1.54, 1.807) is 31.7 Å². The molecule has 0 spiro atoms. The highest BCUT2D eigenvalue weighted by Crippen LogP contribution is 2.20. The molecule has 0 saturated carbocycles. The van der Waals surface area contributed by atoms with Crippen LogP contribution in [0, 0.1) is 6.92 Å². The monoisotopic (exact) mass is 450 g/mol. The number of amides is 2. The lowest BCUT2D eigenvalue weighted by atomic mass is 10.1. The normalized spacial score (nSPS) is 18.5. The molecule has 1 aromatic carbocycles. The summed E-state index contributed by atoms with van der Waals surface area (Å²) in [5.41, 5.74) is 0.529. The number of aryl methyl sites for hydroxylation is 1. The van der Waals surface area contributed by atoms with Crippen molar-refractivity contribution in [3.05, 3.63) is 29.3 Å². The Balaban J connectivity index is 1.65. The fraction of sp³-hybridized carbons (Fsp3) is 0.636. The van der Waals surface area contributed by atoms with Crippen LogP contribution in [0.15, 0.2) is 23.1 Å². The van der Waals surface area contributed by atoms with Crippen molar-refractivity contribution >= 4 is 21.8 Å². The highest BCUT2D eigenvalue weighted by atomic mass is 32.2. The second-order valence-electron chi connectivity index (χ2n) is 9.49. The zero-order chi connectivity index (χ0) is 22.8. The molecule has 3 rings (SSSR count). The first kappa shape index (κ1) is 23.7. The van der Waals surface area contributed by atoms with Crippen LogP contribution in [-0.4, -0.2) is 86.3 Å². The predicted molar refractivity (Wildman–Crippen MR) is 119 cm³/mol. The van der Waals surface area contributed by atoms with E-state index in [1.807, 2.05) is 11.8 Å². The van der Waals surface area contributed by atoms with E-state index in [1.165, 1.54) is 12.1 Å². The topological polar surface area (TPSA) is 90.0 Å². The summed E-state index contributed by atoms with van der Waals surface area (Å²) in [6, 6.07) is 4.67. The second kappa shape index (κ2) is 9.26. The first-order valence-electron chi connectivity index (χ1n) is 10.9. The molecule has 2 aliphatic heterocycles. The number of piperazine rings is 1. The highest BCUT2D eigenvalue weighted by Gasteiger charge is 2.28. The van der Waals surface area contributed by atoms with Gasteiger partial charge in [0.15, 0.2) is 0 Å². The fourth-order valence-corrected chi connectivity index (χ4v) is 5.44. The Bertz CT molecular complexity index is 925. The van der Waals surface area contributed by atoms with Crippen molar-refractivity contribution in [2.75, 3.05) is 45.8 Å². The highest BCUT2D eigenvalue weighted by molar-refractivity contribution is 7.89. The van der Waals surface area contributed by atoms with Crippen LogP contribution in [0.4, 0.5) is 0 Å². The Labute approximate surface area is 185 Å². The van der Waals surface area contributed by atoms with Crippen molar-refractivity contribution in [2.45, 2.75) is 51.0 Å². The van der Waals surface area contributed by atoms with Gasteiger partial charge in [-0.25, -0.2) is 13.1 Å². The zero-order valence-electron chi connectivity index (χ0n) is 19.0. The molecule has 0 aliphatic carbocycles. The van der Waals surface area contributed by atoms with Gasteiger partial charge < -0.3 is 9.80 Å². The molecule has 2 aliphatic rings. The van der Waals surface area contributed by atoms with Crippen LogP contribution in [0.5, 0.6) is 0 Å². The molecule has 2 heterocycles. The molecular formula is C22H34N4O4S. The maximum absolute atomic E-state index is 13.1. The molecule has 31 heavy (non-hydrogen) atoms. The van der Waals surface area contributed by atoms with Crippen LogP contribution < -0.4 is 4.72 Å². The summed E-state index contributed by atoms with van der Waals surface area (Å²) in [4.78, 5) is 31.3. The number of likely N-dealkylation sites (tertiary alicyclic amines) is 1. The van der Waals surface area contributed by atoms with Gasteiger partial charge in [0.25, 0.3) is 5.91 Å². The van der Waals surface area contributed by atoms with Crippen LogP contribution in [0.25, 0.3) is 0 Å². The quantitative estimate of drug-likeness (QED) is 0.733. The minimum Gasteiger partial charge on any atom is -0.342 e. The first-order valence-corrected chi connectivity index (χ1v) is 12.4. The lowest BCUT2D eigenvalue weighted by Gasteiger charge is -2.35. The molecule has 2 amide bonds. The largest absolute Gasteiger partial charge is 0.342 e. The molecular weight excluding hydrogens is 416 g/mol. The van der Waals surface area contributed by atoms with Gasteiger partial charge >= 0.3 is 0 Å². The number of carbonyl (C=O) groups is 2. The number of rotatable bonds is 5. The first-order chi connectivity index (χ1) is 14.5.